The van der Waals surface area contributed by atoms with Gasteiger partial charge in [-0.15, -0.1) is 0 Å². The van der Waals surface area contributed by atoms with Crippen LogP contribution in [-0.2, 0) is 4.74 Å². The molecular formula is C17H13Cl2F3N4O2. The minimum atomic E-state index is -3.49. The molecule has 3 rings (SSSR count). The topological polar surface area (TPSA) is 89.6 Å². The molecule has 1 aromatic heterocycles. The Labute approximate surface area is 167 Å². The molecule has 3 N–H and O–H groups in total. The minimum absolute atomic E-state index is 0.00263. The molecule has 0 bridgehead atoms. The number of pyridine rings is 1. The molecular weight excluding hydrogens is 420 g/mol. The number of hydrogen-bond donors (Lipinski definition) is 2. The van der Waals surface area contributed by atoms with Gasteiger partial charge in [-0.05, 0) is 24.3 Å². The van der Waals surface area contributed by atoms with Crippen molar-refractivity contribution in [2.24, 2.45) is 10.7 Å². The largest absolute Gasteiger partial charge is 0.386 e. The first kappa shape index (κ1) is 20.4. The lowest BCUT2D eigenvalue weighted by Gasteiger charge is -2.22. The van der Waals surface area contributed by atoms with Gasteiger partial charge in [0.1, 0.15) is 36.6 Å². The number of rotatable bonds is 3. The van der Waals surface area contributed by atoms with Crippen LogP contribution in [-0.4, -0.2) is 35.9 Å². The van der Waals surface area contributed by atoms with E-state index in [1.807, 2.05) is 0 Å². The van der Waals surface area contributed by atoms with Crippen molar-refractivity contribution in [3.63, 3.8) is 0 Å². The monoisotopic (exact) mass is 432 g/mol. The Kier molecular flexibility index (Phi) is 5.78. The molecule has 1 atom stereocenters. The van der Waals surface area contributed by atoms with Gasteiger partial charge in [0.25, 0.3) is 11.8 Å². The molecule has 1 aliphatic heterocycles. The van der Waals surface area contributed by atoms with Crippen LogP contribution < -0.4 is 11.1 Å². The van der Waals surface area contributed by atoms with Crippen LogP contribution in [0.15, 0.2) is 35.5 Å². The van der Waals surface area contributed by atoms with Gasteiger partial charge in [0, 0.05) is 17.4 Å². The number of anilines is 1. The molecule has 2 heterocycles. The van der Waals surface area contributed by atoms with Crippen LogP contribution in [0.25, 0.3) is 0 Å². The van der Waals surface area contributed by atoms with Gasteiger partial charge in [0.15, 0.2) is 0 Å². The zero-order valence-corrected chi connectivity index (χ0v) is 15.6. The lowest BCUT2D eigenvalue weighted by atomic mass is 10.00. The van der Waals surface area contributed by atoms with Crippen LogP contribution in [0.5, 0.6) is 0 Å². The molecule has 1 aromatic carbocycles. The first-order chi connectivity index (χ1) is 13.2. The summed E-state index contributed by atoms with van der Waals surface area (Å²) in [6, 6.07) is 2.63. The average molecular weight is 433 g/mol. The third-order valence-electron chi connectivity index (χ3n) is 3.81. The molecule has 0 spiro atoms. The number of alkyl halides is 2. The van der Waals surface area contributed by atoms with E-state index in [9.17, 15) is 18.0 Å². The standard InChI is InChI=1S/C17H13Cl2F3N4O2/c18-8-3-11(19)14(24-5-8)16(27)25-9-1-2-12(20)10(4-9)15-17(21,22)7-28-6-13(23)26-15/h1-5,15H,6-7H2,(H2,23,26)(H,25,27). The first-order valence-electron chi connectivity index (χ1n) is 7.87. The normalized spacial score (nSPS) is 18.9. The highest BCUT2D eigenvalue weighted by atomic mass is 35.5. The predicted molar refractivity (Wildman–Crippen MR) is 98.7 cm³/mol. The van der Waals surface area contributed by atoms with Crippen LogP contribution in [0, 0.1) is 5.82 Å². The number of nitrogens with one attached hydrogen (secondary N) is 1. The van der Waals surface area contributed by atoms with Crippen LogP contribution in [0.2, 0.25) is 10.0 Å². The number of aromatic nitrogens is 1. The number of aliphatic imine (C=N–C) groups is 1. The fourth-order valence-electron chi connectivity index (χ4n) is 2.57. The molecule has 28 heavy (non-hydrogen) atoms. The maximum absolute atomic E-state index is 14.3. The summed E-state index contributed by atoms with van der Waals surface area (Å²) in [5.41, 5.74) is 5.00. The van der Waals surface area contributed by atoms with Crippen molar-refractivity contribution >= 4 is 40.6 Å². The second kappa shape index (κ2) is 7.94. The number of amides is 1. The van der Waals surface area contributed by atoms with Gasteiger partial charge in [-0.2, -0.15) is 0 Å². The predicted octanol–water partition coefficient (Wildman–Crippen LogP) is 3.84. The van der Waals surface area contributed by atoms with Crippen LogP contribution in [0.1, 0.15) is 22.1 Å². The molecule has 1 aliphatic rings. The van der Waals surface area contributed by atoms with Gasteiger partial charge in [0.2, 0.25) is 0 Å². The summed E-state index contributed by atoms with van der Waals surface area (Å²) in [4.78, 5) is 19.8. The Morgan fingerprint density at radius 2 is 2.07 bits per heavy atom. The maximum Gasteiger partial charge on any atom is 0.297 e. The number of amidine groups is 1. The summed E-state index contributed by atoms with van der Waals surface area (Å²) < 4.78 is 47.7. The highest BCUT2D eigenvalue weighted by Crippen LogP contribution is 2.38. The summed E-state index contributed by atoms with van der Waals surface area (Å²) in [6.45, 7) is -1.26. The van der Waals surface area contributed by atoms with E-state index in [0.29, 0.717) is 0 Å². The number of carbonyl (C=O) groups is 1. The summed E-state index contributed by atoms with van der Waals surface area (Å²) in [5, 5.41) is 2.66. The van der Waals surface area contributed by atoms with E-state index >= 15 is 0 Å². The van der Waals surface area contributed by atoms with Gasteiger partial charge in [-0.1, -0.05) is 23.2 Å². The summed E-state index contributed by atoms with van der Waals surface area (Å²) in [5.74, 6) is -5.33. The Morgan fingerprint density at radius 3 is 2.79 bits per heavy atom. The molecule has 1 unspecified atom stereocenters. The molecule has 1 amide bonds. The molecule has 148 valence electrons. The molecule has 11 heteroatoms. The van der Waals surface area contributed by atoms with Gasteiger partial charge < -0.3 is 15.8 Å². The highest BCUT2D eigenvalue weighted by molar-refractivity contribution is 6.36. The molecule has 0 fully saturated rings. The average Bonchev–Trinajstić information content (AvgIpc) is 2.74. The highest BCUT2D eigenvalue weighted by Gasteiger charge is 2.44. The number of hydrogen-bond acceptors (Lipinski definition) is 5. The van der Waals surface area contributed by atoms with Crippen LogP contribution >= 0.6 is 23.2 Å². The third kappa shape index (κ3) is 4.37. The van der Waals surface area contributed by atoms with E-state index in [1.165, 1.54) is 18.3 Å². The lowest BCUT2D eigenvalue weighted by molar-refractivity contribution is -0.0831. The van der Waals surface area contributed by atoms with E-state index in [0.717, 1.165) is 12.1 Å². The number of halogens is 5. The zero-order valence-electron chi connectivity index (χ0n) is 14.1. The van der Waals surface area contributed by atoms with Crippen molar-refractivity contribution in [2.45, 2.75) is 12.0 Å². The van der Waals surface area contributed by atoms with Crippen LogP contribution in [0.4, 0.5) is 18.9 Å². The third-order valence-corrected chi connectivity index (χ3v) is 4.31. The SMILES string of the molecule is NC1=NC(c2cc(NC(=O)c3ncc(Cl)cc3Cl)ccc2F)C(F)(F)COC1. The van der Waals surface area contributed by atoms with E-state index in [2.05, 4.69) is 15.3 Å². The van der Waals surface area contributed by atoms with Gasteiger partial charge in [0.05, 0.1) is 10.0 Å². The summed E-state index contributed by atoms with van der Waals surface area (Å²) >= 11 is 11.7. The van der Waals surface area contributed by atoms with Crippen LogP contribution in [0.3, 0.4) is 0 Å². The van der Waals surface area contributed by atoms with Crippen molar-refractivity contribution in [3.8, 4) is 0 Å². The quantitative estimate of drug-likeness (QED) is 0.770. The molecule has 2 aromatic rings. The molecule has 0 saturated carbocycles. The molecule has 0 radical (unpaired) electrons. The number of nitrogens with zero attached hydrogens (tertiary/aromatic N) is 2. The number of ether oxygens (including phenoxy) is 1. The fourth-order valence-corrected chi connectivity index (χ4v) is 3.03. The molecule has 6 nitrogen and oxygen atoms in total. The second-order valence-corrected chi connectivity index (χ2v) is 6.79. The molecule has 0 saturated heterocycles. The van der Waals surface area contributed by atoms with Gasteiger partial charge in [-0.3, -0.25) is 9.79 Å². The zero-order chi connectivity index (χ0) is 20.5. The lowest BCUT2D eigenvalue weighted by Crippen LogP contribution is -2.30. The maximum atomic E-state index is 14.3. The van der Waals surface area contributed by atoms with Crippen molar-refractivity contribution in [3.05, 3.63) is 57.6 Å². The number of carbonyl (C=O) groups excluding carboxylic acids is 1. The Morgan fingerprint density at radius 1 is 1.32 bits per heavy atom. The van der Waals surface area contributed by atoms with E-state index in [-0.39, 0.29) is 33.9 Å². The van der Waals surface area contributed by atoms with E-state index in [1.54, 1.807) is 0 Å². The van der Waals surface area contributed by atoms with Gasteiger partial charge >= 0.3 is 0 Å². The smallest absolute Gasteiger partial charge is 0.297 e. The minimum Gasteiger partial charge on any atom is -0.386 e. The summed E-state index contributed by atoms with van der Waals surface area (Å²) in [6.07, 6.45) is 1.22. The fraction of sp³-hybridized carbons (Fsp3) is 0.235. The van der Waals surface area contributed by atoms with E-state index in [4.69, 9.17) is 33.7 Å². The summed E-state index contributed by atoms with van der Waals surface area (Å²) in [7, 11) is 0. The Bertz CT molecular complexity index is 956. The Hall–Kier alpha value is -2.36. The van der Waals surface area contributed by atoms with Crippen molar-refractivity contribution < 1.29 is 22.7 Å². The first-order valence-corrected chi connectivity index (χ1v) is 8.62. The number of benzene rings is 1. The van der Waals surface area contributed by atoms with Gasteiger partial charge in [-0.25, -0.2) is 18.2 Å². The van der Waals surface area contributed by atoms with Crippen molar-refractivity contribution in [2.75, 3.05) is 18.5 Å². The van der Waals surface area contributed by atoms with Crippen molar-refractivity contribution in [1.82, 2.24) is 4.98 Å². The Balaban J connectivity index is 1.93. The number of nitrogens with two attached hydrogens (primary N) is 1. The van der Waals surface area contributed by atoms with E-state index < -0.39 is 35.9 Å². The molecule has 0 aliphatic carbocycles. The second-order valence-electron chi connectivity index (χ2n) is 5.95. The van der Waals surface area contributed by atoms with Crippen molar-refractivity contribution in [1.29, 1.82) is 0 Å².